The summed E-state index contributed by atoms with van der Waals surface area (Å²) in [6, 6.07) is 12.7. The average Bonchev–Trinajstić information content (AvgIpc) is 2.96. The Morgan fingerprint density at radius 3 is 2.81 bits per heavy atom. The summed E-state index contributed by atoms with van der Waals surface area (Å²) in [7, 11) is 3.69. The molecular formula is C17H18N2OS. The van der Waals surface area contributed by atoms with Crippen molar-refractivity contribution in [3.8, 4) is 5.75 Å². The second-order valence-electron chi connectivity index (χ2n) is 4.98. The Hall–Kier alpha value is -1.91. The van der Waals surface area contributed by atoms with Gasteiger partial charge in [0.2, 0.25) is 0 Å². The number of aromatic nitrogens is 1. The van der Waals surface area contributed by atoms with Crippen molar-refractivity contribution in [1.29, 1.82) is 0 Å². The summed E-state index contributed by atoms with van der Waals surface area (Å²) < 4.78 is 5.45. The van der Waals surface area contributed by atoms with Crippen LogP contribution in [0.1, 0.15) is 22.2 Å². The molecule has 1 aromatic carbocycles. The summed E-state index contributed by atoms with van der Waals surface area (Å²) in [6.07, 6.45) is 0. The number of nitrogens with zero attached hydrogens (tertiary/aromatic N) is 1. The normalized spacial score (nSPS) is 12.5. The molecule has 3 nitrogen and oxygen atoms in total. The highest BCUT2D eigenvalue weighted by Crippen LogP contribution is 2.35. The highest BCUT2D eigenvalue weighted by Gasteiger charge is 2.18. The Bertz CT molecular complexity index is 766. The van der Waals surface area contributed by atoms with Crippen LogP contribution < -0.4 is 10.1 Å². The van der Waals surface area contributed by atoms with E-state index < -0.39 is 0 Å². The number of thiophene rings is 1. The number of nitrogens with one attached hydrogen (secondary N) is 1. The van der Waals surface area contributed by atoms with Crippen LogP contribution in [-0.2, 0) is 0 Å². The lowest BCUT2D eigenvalue weighted by Crippen LogP contribution is -2.17. The van der Waals surface area contributed by atoms with Gasteiger partial charge in [0.05, 0.1) is 23.5 Å². The van der Waals surface area contributed by atoms with Gasteiger partial charge in [-0.05, 0) is 49.2 Å². The van der Waals surface area contributed by atoms with Crippen LogP contribution >= 0.6 is 11.3 Å². The number of hydrogen-bond acceptors (Lipinski definition) is 4. The molecule has 0 aliphatic carbocycles. The van der Waals surface area contributed by atoms with Gasteiger partial charge < -0.3 is 10.1 Å². The summed E-state index contributed by atoms with van der Waals surface area (Å²) in [6.45, 7) is 2.01. The van der Waals surface area contributed by atoms with Crippen molar-refractivity contribution in [2.45, 2.75) is 13.0 Å². The molecule has 0 aliphatic rings. The molecular weight excluding hydrogens is 280 g/mol. The molecule has 0 fully saturated rings. The van der Waals surface area contributed by atoms with E-state index >= 15 is 0 Å². The van der Waals surface area contributed by atoms with Crippen LogP contribution in [0.4, 0.5) is 0 Å². The fraction of sp³-hybridized carbons (Fsp3) is 0.235. The summed E-state index contributed by atoms with van der Waals surface area (Å²) >= 11 is 1.71. The number of rotatable bonds is 4. The van der Waals surface area contributed by atoms with E-state index in [9.17, 15) is 0 Å². The van der Waals surface area contributed by atoms with Crippen LogP contribution in [0.25, 0.3) is 10.9 Å². The molecule has 4 heteroatoms. The molecule has 21 heavy (non-hydrogen) atoms. The van der Waals surface area contributed by atoms with Gasteiger partial charge >= 0.3 is 0 Å². The molecule has 1 N–H and O–H groups in total. The van der Waals surface area contributed by atoms with E-state index in [0.717, 1.165) is 22.3 Å². The summed E-state index contributed by atoms with van der Waals surface area (Å²) in [4.78, 5) is 5.75. The van der Waals surface area contributed by atoms with E-state index in [0.29, 0.717) is 0 Å². The minimum absolute atomic E-state index is 0.130. The Morgan fingerprint density at radius 2 is 2.05 bits per heavy atom. The zero-order valence-electron chi connectivity index (χ0n) is 12.4. The third-order valence-electron chi connectivity index (χ3n) is 3.61. The molecule has 2 heterocycles. The van der Waals surface area contributed by atoms with Gasteiger partial charge in [-0.3, -0.25) is 4.98 Å². The molecule has 0 bridgehead atoms. The van der Waals surface area contributed by atoms with Crippen LogP contribution in [0.5, 0.6) is 5.75 Å². The molecule has 2 aromatic heterocycles. The van der Waals surface area contributed by atoms with Crippen molar-refractivity contribution >= 4 is 22.2 Å². The Labute approximate surface area is 128 Å². The molecule has 0 spiro atoms. The second kappa shape index (κ2) is 5.84. The van der Waals surface area contributed by atoms with Crippen LogP contribution in [-0.4, -0.2) is 19.1 Å². The lowest BCUT2D eigenvalue weighted by Gasteiger charge is -2.17. The minimum Gasteiger partial charge on any atom is -0.496 e. The third-order valence-corrected chi connectivity index (χ3v) is 4.58. The van der Waals surface area contributed by atoms with Crippen LogP contribution in [0, 0.1) is 6.92 Å². The molecule has 3 aromatic rings. The minimum atomic E-state index is 0.130. The summed E-state index contributed by atoms with van der Waals surface area (Å²) in [5, 5.41) is 6.60. The Balaban J connectivity index is 2.07. The maximum Gasteiger partial charge on any atom is 0.134 e. The summed E-state index contributed by atoms with van der Waals surface area (Å²) in [5.41, 5.74) is 3.29. The van der Waals surface area contributed by atoms with Crippen LogP contribution in [0.2, 0.25) is 0 Å². The molecule has 0 aliphatic heterocycles. The van der Waals surface area contributed by atoms with E-state index in [4.69, 9.17) is 4.74 Å². The maximum absolute atomic E-state index is 5.45. The molecule has 0 radical (unpaired) electrons. The number of benzene rings is 1. The molecule has 0 saturated heterocycles. The van der Waals surface area contributed by atoms with E-state index in [1.54, 1.807) is 18.4 Å². The van der Waals surface area contributed by atoms with E-state index in [2.05, 4.69) is 39.9 Å². The van der Waals surface area contributed by atoms with Gasteiger partial charge in [-0.1, -0.05) is 12.1 Å². The van der Waals surface area contributed by atoms with E-state index in [-0.39, 0.29) is 6.04 Å². The van der Waals surface area contributed by atoms with Crippen molar-refractivity contribution in [2.75, 3.05) is 14.2 Å². The fourth-order valence-electron chi connectivity index (χ4n) is 2.56. The number of ether oxygens (including phenoxy) is 1. The predicted octanol–water partition coefficient (Wildman–Crippen LogP) is 3.92. The smallest absolute Gasteiger partial charge is 0.134 e. The van der Waals surface area contributed by atoms with Crippen molar-refractivity contribution in [1.82, 2.24) is 10.3 Å². The van der Waals surface area contributed by atoms with Gasteiger partial charge in [0.15, 0.2) is 0 Å². The topological polar surface area (TPSA) is 34.2 Å². The van der Waals surface area contributed by atoms with Crippen molar-refractivity contribution in [3.05, 3.63) is 57.9 Å². The first-order valence-electron chi connectivity index (χ1n) is 6.89. The van der Waals surface area contributed by atoms with E-state index in [1.165, 1.54) is 10.4 Å². The highest BCUT2D eigenvalue weighted by molar-refractivity contribution is 7.10. The van der Waals surface area contributed by atoms with Crippen LogP contribution in [0.3, 0.4) is 0 Å². The number of fused-ring (bicyclic) bond motifs is 1. The Kier molecular flexibility index (Phi) is 3.90. The van der Waals surface area contributed by atoms with E-state index in [1.807, 2.05) is 26.1 Å². The predicted molar refractivity (Wildman–Crippen MR) is 88.3 cm³/mol. The monoisotopic (exact) mass is 298 g/mol. The number of hydrogen-bond donors (Lipinski definition) is 1. The van der Waals surface area contributed by atoms with Crippen molar-refractivity contribution in [3.63, 3.8) is 0 Å². The number of pyridine rings is 1. The first-order chi connectivity index (χ1) is 10.2. The third kappa shape index (κ3) is 2.64. The quantitative estimate of drug-likeness (QED) is 0.792. The standard InChI is InChI=1S/C17H18N2OS/c1-11-4-5-12-10-13(6-7-14(12)19-11)16(18-2)17-15(20-3)8-9-21-17/h4-10,16,18H,1-3H3. The van der Waals surface area contributed by atoms with Crippen molar-refractivity contribution < 1.29 is 4.74 Å². The van der Waals surface area contributed by atoms with Gasteiger partial charge in [0.1, 0.15) is 5.75 Å². The Morgan fingerprint density at radius 1 is 1.19 bits per heavy atom. The van der Waals surface area contributed by atoms with Gasteiger partial charge in [0.25, 0.3) is 0 Å². The maximum atomic E-state index is 5.45. The molecule has 0 saturated carbocycles. The van der Waals surface area contributed by atoms with Crippen molar-refractivity contribution in [2.24, 2.45) is 0 Å². The zero-order valence-corrected chi connectivity index (χ0v) is 13.2. The van der Waals surface area contributed by atoms with Gasteiger partial charge in [-0.2, -0.15) is 0 Å². The zero-order chi connectivity index (χ0) is 14.8. The first-order valence-corrected chi connectivity index (χ1v) is 7.77. The molecule has 3 rings (SSSR count). The average molecular weight is 298 g/mol. The molecule has 1 unspecified atom stereocenters. The van der Waals surface area contributed by atoms with Gasteiger partial charge in [0, 0.05) is 11.1 Å². The summed E-state index contributed by atoms with van der Waals surface area (Å²) in [5.74, 6) is 0.932. The molecule has 0 amide bonds. The first kappa shape index (κ1) is 14.0. The SMILES string of the molecule is CNC(c1ccc2nc(C)ccc2c1)c1sccc1OC. The fourth-order valence-corrected chi connectivity index (χ4v) is 3.56. The molecule has 1 atom stereocenters. The van der Waals surface area contributed by atoms with Crippen LogP contribution in [0.15, 0.2) is 41.8 Å². The lowest BCUT2D eigenvalue weighted by atomic mass is 10.0. The van der Waals surface area contributed by atoms with Gasteiger partial charge in [-0.15, -0.1) is 11.3 Å². The number of aryl methyl sites for hydroxylation is 1. The number of methoxy groups -OCH3 is 1. The van der Waals surface area contributed by atoms with Gasteiger partial charge in [-0.25, -0.2) is 0 Å². The highest BCUT2D eigenvalue weighted by atomic mass is 32.1. The lowest BCUT2D eigenvalue weighted by molar-refractivity contribution is 0.409. The molecule has 108 valence electrons. The largest absolute Gasteiger partial charge is 0.496 e. The second-order valence-corrected chi connectivity index (χ2v) is 5.93.